The first-order valence-electron chi connectivity index (χ1n) is 5.63. The molecule has 1 aromatic carbocycles. The summed E-state index contributed by atoms with van der Waals surface area (Å²) >= 11 is 10.8. The average molecular weight is 286 g/mol. The Kier molecular flexibility index (Phi) is 5.88. The van der Waals surface area contributed by atoms with Crippen molar-refractivity contribution in [2.24, 2.45) is 5.73 Å². The van der Waals surface area contributed by atoms with Crippen LogP contribution in [-0.4, -0.2) is 29.0 Å². The van der Waals surface area contributed by atoms with Gasteiger partial charge in [-0.25, -0.2) is 4.79 Å². The van der Waals surface area contributed by atoms with E-state index in [9.17, 15) is 4.79 Å². The smallest absolute Gasteiger partial charge is 0.322 e. The highest BCUT2D eigenvalue weighted by Crippen LogP contribution is 2.20. The number of nitrogens with zero attached hydrogens (tertiary/aromatic N) is 1. The molecule has 6 heteroatoms. The van der Waals surface area contributed by atoms with E-state index in [0.717, 1.165) is 6.42 Å². The molecule has 3 N–H and O–H groups in total. The monoisotopic (exact) mass is 285 g/mol. The van der Waals surface area contributed by atoms with Crippen LogP contribution in [0.25, 0.3) is 0 Å². The quantitative estimate of drug-likeness (QED) is 0.818. The molecule has 1 aromatic rings. The third-order valence-electron chi connectivity index (χ3n) is 2.24. The summed E-state index contributed by atoms with van der Waals surface area (Å²) in [5, 5.41) is 3.24. The van der Waals surface area contributed by atoms with Gasteiger partial charge in [0, 0.05) is 6.54 Å². The van der Waals surface area contributed by atoms with E-state index in [-0.39, 0.29) is 17.6 Å². The number of amides is 2. The summed E-state index contributed by atoms with van der Waals surface area (Å²) in [7, 11) is 0. The zero-order valence-electron chi connectivity index (χ0n) is 10.1. The first kappa shape index (κ1) is 14.7. The van der Waals surface area contributed by atoms with E-state index in [1.54, 1.807) is 29.2 Å². The summed E-state index contributed by atoms with van der Waals surface area (Å²) in [4.78, 5) is 13.9. The molecular weight excluding hydrogens is 270 g/mol. The van der Waals surface area contributed by atoms with Crippen molar-refractivity contribution in [1.29, 1.82) is 0 Å². The predicted octanol–water partition coefficient (Wildman–Crippen LogP) is 2.87. The van der Waals surface area contributed by atoms with Gasteiger partial charge in [-0.05, 0) is 18.6 Å². The van der Waals surface area contributed by atoms with Crippen LogP contribution in [0.2, 0.25) is 5.02 Å². The summed E-state index contributed by atoms with van der Waals surface area (Å²) in [6.07, 6.45) is 0.832. The van der Waals surface area contributed by atoms with E-state index in [1.165, 1.54) is 0 Å². The van der Waals surface area contributed by atoms with Crippen molar-refractivity contribution >= 4 is 40.5 Å². The number of thiocarbonyl (C=S) groups is 1. The third kappa shape index (κ3) is 4.50. The van der Waals surface area contributed by atoms with Crippen molar-refractivity contribution in [3.8, 4) is 0 Å². The molecule has 98 valence electrons. The maximum atomic E-state index is 12.0. The molecule has 0 fully saturated rings. The summed E-state index contributed by atoms with van der Waals surface area (Å²) < 4.78 is 0. The number of nitrogens with two attached hydrogens (primary N) is 1. The normalized spacial score (nSPS) is 9.89. The second-order valence-corrected chi connectivity index (χ2v) is 4.73. The molecule has 0 spiro atoms. The number of rotatable bonds is 5. The van der Waals surface area contributed by atoms with Gasteiger partial charge >= 0.3 is 6.03 Å². The summed E-state index contributed by atoms with van der Waals surface area (Å²) in [6.45, 7) is 2.84. The zero-order valence-corrected chi connectivity index (χ0v) is 11.7. The number of carbonyl (C=O) groups excluding carboxylic acids is 1. The Bertz CT molecular complexity index is 439. The summed E-state index contributed by atoms with van der Waals surface area (Å²) in [6, 6.07) is 6.81. The molecule has 4 nitrogen and oxygen atoms in total. The minimum atomic E-state index is -0.252. The van der Waals surface area contributed by atoms with Crippen molar-refractivity contribution in [2.45, 2.75) is 13.3 Å². The average Bonchev–Trinajstić information content (AvgIpc) is 2.31. The molecule has 0 aliphatic carbocycles. The number of benzene rings is 1. The Morgan fingerprint density at radius 2 is 2.17 bits per heavy atom. The van der Waals surface area contributed by atoms with Crippen molar-refractivity contribution in [2.75, 3.05) is 18.4 Å². The van der Waals surface area contributed by atoms with Crippen LogP contribution in [0, 0.1) is 0 Å². The molecule has 0 bridgehead atoms. The maximum absolute atomic E-state index is 12.0. The largest absolute Gasteiger partial charge is 0.392 e. The van der Waals surface area contributed by atoms with E-state index >= 15 is 0 Å². The number of halogens is 1. The molecule has 0 atom stereocenters. The fourth-order valence-corrected chi connectivity index (χ4v) is 1.81. The molecule has 0 aliphatic heterocycles. The fourth-order valence-electron chi connectivity index (χ4n) is 1.47. The highest BCUT2D eigenvalue weighted by molar-refractivity contribution is 7.80. The van der Waals surface area contributed by atoms with Gasteiger partial charge in [0.2, 0.25) is 0 Å². The molecule has 2 amide bonds. The Hall–Kier alpha value is -1.33. The van der Waals surface area contributed by atoms with Crippen LogP contribution in [-0.2, 0) is 0 Å². The van der Waals surface area contributed by atoms with Gasteiger partial charge < -0.3 is 16.0 Å². The molecule has 0 aliphatic rings. The number of urea groups is 1. The van der Waals surface area contributed by atoms with Gasteiger partial charge in [0.15, 0.2) is 0 Å². The molecule has 0 saturated heterocycles. The number of nitrogens with one attached hydrogen (secondary N) is 1. The van der Waals surface area contributed by atoms with Gasteiger partial charge in [0.25, 0.3) is 0 Å². The minimum absolute atomic E-state index is 0.252. The molecule has 0 saturated carbocycles. The Labute approximate surface area is 117 Å². The Balaban J connectivity index is 2.72. The first-order valence-corrected chi connectivity index (χ1v) is 6.42. The summed E-state index contributed by atoms with van der Waals surface area (Å²) in [5.74, 6) is 0. The molecule has 0 heterocycles. The van der Waals surface area contributed by atoms with Gasteiger partial charge in [-0.1, -0.05) is 42.9 Å². The maximum Gasteiger partial charge on any atom is 0.322 e. The van der Waals surface area contributed by atoms with Crippen LogP contribution in [0.1, 0.15) is 13.3 Å². The van der Waals surface area contributed by atoms with Crippen LogP contribution < -0.4 is 11.1 Å². The van der Waals surface area contributed by atoms with Crippen molar-refractivity contribution in [3.63, 3.8) is 0 Å². The molecular formula is C12H16ClN3OS. The van der Waals surface area contributed by atoms with Crippen molar-refractivity contribution in [1.82, 2.24) is 4.90 Å². The fraction of sp³-hybridized carbons (Fsp3) is 0.333. The molecule has 1 rings (SSSR count). The molecule has 0 radical (unpaired) electrons. The minimum Gasteiger partial charge on any atom is -0.392 e. The van der Waals surface area contributed by atoms with E-state index < -0.39 is 0 Å². The second kappa shape index (κ2) is 7.18. The third-order valence-corrected chi connectivity index (χ3v) is 2.70. The van der Waals surface area contributed by atoms with Crippen LogP contribution in [0.4, 0.5) is 10.5 Å². The molecule has 18 heavy (non-hydrogen) atoms. The highest BCUT2D eigenvalue weighted by Gasteiger charge is 2.14. The predicted molar refractivity (Wildman–Crippen MR) is 79.1 cm³/mol. The molecule has 0 aromatic heterocycles. The lowest BCUT2D eigenvalue weighted by atomic mass is 10.3. The lowest BCUT2D eigenvalue weighted by molar-refractivity contribution is 0.219. The second-order valence-electron chi connectivity index (χ2n) is 3.80. The number of hydrogen-bond acceptors (Lipinski definition) is 2. The van der Waals surface area contributed by atoms with Crippen LogP contribution in [0.5, 0.6) is 0 Å². The van der Waals surface area contributed by atoms with Gasteiger partial charge in [-0.3, -0.25) is 0 Å². The van der Waals surface area contributed by atoms with Gasteiger partial charge in [-0.2, -0.15) is 0 Å². The SMILES string of the molecule is CCCN(CC(N)=S)C(=O)Nc1ccccc1Cl. The van der Waals surface area contributed by atoms with E-state index in [1.807, 2.05) is 6.92 Å². The number of hydrogen-bond donors (Lipinski definition) is 2. The van der Waals surface area contributed by atoms with Crippen LogP contribution in [0.15, 0.2) is 24.3 Å². The van der Waals surface area contributed by atoms with Gasteiger partial charge in [-0.15, -0.1) is 0 Å². The number of carbonyl (C=O) groups is 1. The van der Waals surface area contributed by atoms with Crippen LogP contribution in [0.3, 0.4) is 0 Å². The Morgan fingerprint density at radius 1 is 1.50 bits per heavy atom. The zero-order chi connectivity index (χ0) is 13.5. The van der Waals surface area contributed by atoms with E-state index in [0.29, 0.717) is 17.3 Å². The summed E-state index contributed by atoms with van der Waals surface area (Å²) in [5.41, 5.74) is 6.05. The topological polar surface area (TPSA) is 58.4 Å². The standard InChI is InChI=1S/C12H16ClN3OS/c1-2-7-16(8-11(14)18)12(17)15-10-6-4-3-5-9(10)13/h3-6H,2,7-8H2,1H3,(H2,14,18)(H,15,17). The van der Waals surface area contributed by atoms with Crippen molar-refractivity contribution in [3.05, 3.63) is 29.3 Å². The first-order chi connectivity index (χ1) is 8.54. The number of para-hydroxylation sites is 1. The number of anilines is 1. The van der Waals surface area contributed by atoms with E-state index in [4.69, 9.17) is 29.6 Å². The lowest BCUT2D eigenvalue weighted by Crippen LogP contribution is -2.40. The van der Waals surface area contributed by atoms with E-state index in [2.05, 4.69) is 5.32 Å². The van der Waals surface area contributed by atoms with Gasteiger partial charge in [0.05, 0.1) is 22.2 Å². The lowest BCUT2D eigenvalue weighted by Gasteiger charge is -2.22. The van der Waals surface area contributed by atoms with Crippen LogP contribution >= 0.6 is 23.8 Å². The van der Waals surface area contributed by atoms with Gasteiger partial charge in [0.1, 0.15) is 0 Å². The Morgan fingerprint density at radius 3 is 2.72 bits per heavy atom. The molecule has 0 unspecified atom stereocenters. The van der Waals surface area contributed by atoms with Crippen molar-refractivity contribution < 1.29 is 4.79 Å². The highest BCUT2D eigenvalue weighted by atomic mass is 35.5.